The molecule has 1 saturated heterocycles. The molecule has 1 fully saturated rings. The Bertz CT molecular complexity index is 1160. The number of thiophene rings is 1. The zero-order chi connectivity index (χ0) is 24.1. The molecular formula is C25H25N3O5S. The number of ether oxygens (including phenoxy) is 2. The van der Waals surface area contributed by atoms with Crippen LogP contribution in [0.1, 0.15) is 33.8 Å². The second-order valence-corrected chi connectivity index (χ2v) is 8.62. The van der Waals surface area contributed by atoms with Gasteiger partial charge >= 0.3 is 6.09 Å². The number of cyclic esters (lactones) is 1. The Balaban J connectivity index is 1.55. The van der Waals surface area contributed by atoms with Gasteiger partial charge in [0.15, 0.2) is 12.1 Å². The molecule has 8 nitrogen and oxygen atoms in total. The van der Waals surface area contributed by atoms with E-state index < -0.39 is 18.2 Å². The van der Waals surface area contributed by atoms with E-state index >= 15 is 0 Å². The fourth-order valence-corrected chi connectivity index (χ4v) is 4.43. The number of likely N-dealkylation sites (N-methyl/N-ethyl adjacent to an activating group) is 1. The van der Waals surface area contributed by atoms with Gasteiger partial charge in [-0.25, -0.2) is 4.79 Å². The van der Waals surface area contributed by atoms with Crippen molar-refractivity contribution in [3.63, 3.8) is 0 Å². The first-order valence-electron chi connectivity index (χ1n) is 10.8. The van der Waals surface area contributed by atoms with E-state index in [0.29, 0.717) is 28.4 Å². The summed E-state index contributed by atoms with van der Waals surface area (Å²) in [5.41, 5.74) is 2.08. The minimum absolute atomic E-state index is 0.195. The number of rotatable bonds is 8. The molecule has 176 valence electrons. The van der Waals surface area contributed by atoms with Crippen LogP contribution in [0.4, 0.5) is 10.5 Å². The highest BCUT2D eigenvalue weighted by Crippen LogP contribution is 2.35. The first-order chi connectivity index (χ1) is 16.5. The molecule has 0 aliphatic carbocycles. The van der Waals surface area contributed by atoms with Crippen molar-refractivity contribution in [3.05, 3.63) is 82.0 Å². The molecule has 0 saturated carbocycles. The number of methoxy groups -OCH3 is 1. The molecule has 2 atom stereocenters. The molecule has 0 bridgehead atoms. The lowest BCUT2D eigenvalue weighted by Crippen LogP contribution is -2.46. The van der Waals surface area contributed by atoms with Crippen LogP contribution in [0.15, 0.2) is 66.0 Å². The van der Waals surface area contributed by atoms with E-state index in [0.717, 1.165) is 5.56 Å². The van der Waals surface area contributed by atoms with Crippen molar-refractivity contribution < 1.29 is 23.9 Å². The number of nitrogens with one attached hydrogen (secondary N) is 2. The van der Waals surface area contributed by atoms with Crippen LogP contribution in [0.3, 0.4) is 0 Å². The average Bonchev–Trinajstić information content (AvgIpc) is 3.49. The van der Waals surface area contributed by atoms with Crippen LogP contribution in [0.25, 0.3) is 0 Å². The van der Waals surface area contributed by atoms with Crippen LogP contribution in [0.2, 0.25) is 0 Å². The molecule has 2 aromatic carbocycles. The fraction of sp³-hybridized carbons (Fsp3) is 0.240. The quantitative estimate of drug-likeness (QED) is 0.505. The van der Waals surface area contributed by atoms with E-state index in [2.05, 4.69) is 10.6 Å². The number of benzene rings is 2. The largest absolute Gasteiger partial charge is 0.497 e. The summed E-state index contributed by atoms with van der Waals surface area (Å²) in [6.45, 7) is 2.45. The van der Waals surface area contributed by atoms with Crippen molar-refractivity contribution in [3.8, 4) is 5.75 Å². The molecule has 2 unspecified atom stereocenters. The Morgan fingerprint density at radius 1 is 1.12 bits per heavy atom. The van der Waals surface area contributed by atoms with Crippen LogP contribution in [-0.4, -0.2) is 42.5 Å². The van der Waals surface area contributed by atoms with E-state index in [9.17, 15) is 14.4 Å². The first-order valence-corrected chi connectivity index (χ1v) is 11.7. The molecule has 2 heterocycles. The lowest BCUT2D eigenvalue weighted by Gasteiger charge is -2.24. The predicted molar refractivity (Wildman–Crippen MR) is 129 cm³/mol. The van der Waals surface area contributed by atoms with E-state index in [1.165, 1.54) is 16.2 Å². The van der Waals surface area contributed by atoms with Crippen molar-refractivity contribution in [1.82, 2.24) is 10.2 Å². The van der Waals surface area contributed by atoms with Crippen molar-refractivity contribution in [2.24, 2.45) is 0 Å². The number of carbonyl (C=O) groups is 3. The lowest BCUT2D eigenvalue weighted by molar-refractivity contribution is -0.126. The first kappa shape index (κ1) is 23.3. The van der Waals surface area contributed by atoms with Crippen LogP contribution in [0.5, 0.6) is 5.75 Å². The Morgan fingerprint density at radius 2 is 1.91 bits per heavy atom. The second-order valence-electron chi connectivity index (χ2n) is 7.68. The summed E-state index contributed by atoms with van der Waals surface area (Å²) in [6.07, 6.45) is -1.36. The van der Waals surface area contributed by atoms with E-state index in [-0.39, 0.29) is 18.4 Å². The van der Waals surface area contributed by atoms with Gasteiger partial charge in [-0.1, -0.05) is 30.3 Å². The Hall–Kier alpha value is -3.85. The summed E-state index contributed by atoms with van der Waals surface area (Å²) < 4.78 is 10.9. The van der Waals surface area contributed by atoms with Gasteiger partial charge in [-0.05, 0) is 53.8 Å². The maximum Gasteiger partial charge on any atom is 0.411 e. The summed E-state index contributed by atoms with van der Waals surface area (Å²) in [5.74, 6) is 0.174. The van der Waals surface area contributed by atoms with Crippen molar-refractivity contribution in [2.75, 3.05) is 19.0 Å². The number of hydrogen-bond donors (Lipinski definition) is 2. The van der Waals surface area contributed by atoms with Gasteiger partial charge in [0.2, 0.25) is 5.91 Å². The normalized spacial score (nSPS) is 17.2. The summed E-state index contributed by atoms with van der Waals surface area (Å²) in [7, 11) is 1.57. The average molecular weight is 480 g/mol. The number of carbonyl (C=O) groups excluding carboxylic acids is 3. The zero-order valence-corrected chi connectivity index (χ0v) is 19.6. The number of anilines is 1. The van der Waals surface area contributed by atoms with Crippen molar-refractivity contribution in [2.45, 2.75) is 25.6 Å². The van der Waals surface area contributed by atoms with Crippen LogP contribution in [-0.2, 0) is 16.1 Å². The monoisotopic (exact) mass is 479 g/mol. The molecule has 1 aliphatic rings. The Morgan fingerprint density at radius 3 is 2.59 bits per heavy atom. The van der Waals surface area contributed by atoms with E-state index in [1.54, 1.807) is 37.4 Å². The molecule has 2 N–H and O–H groups in total. The van der Waals surface area contributed by atoms with Gasteiger partial charge in [0.25, 0.3) is 5.91 Å². The topological polar surface area (TPSA) is 97.0 Å². The van der Waals surface area contributed by atoms with Crippen LogP contribution in [0, 0.1) is 0 Å². The standard InChI is InChI=1S/C25H25N3O5S/c1-3-26-24(30)21-22(33-25(31)28(21)15-16-6-4-7-19(14-16)32-2)17-9-11-18(12-10-17)27-23(29)20-8-5-13-34-20/h4-14,21-22H,3,15H2,1-2H3,(H,26,30)(H,27,29). The highest BCUT2D eigenvalue weighted by molar-refractivity contribution is 7.12. The fourth-order valence-electron chi connectivity index (χ4n) is 3.81. The number of amides is 3. The molecule has 9 heteroatoms. The molecule has 1 aromatic heterocycles. The molecule has 0 spiro atoms. The summed E-state index contributed by atoms with van der Waals surface area (Å²) in [6, 6.07) is 17.0. The lowest BCUT2D eigenvalue weighted by atomic mass is 10.00. The van der Waals surface area contributed by atoms with Gasteiger partial charge < -0.3 is 20.1 Å². The van der Waals surface area contributed by atoms with Gasteiger partial charge in [-0.2, -0.15) is 0 Å². The third-order valence-corrected chi connectivity index (χ3v) is 6.30. The maximum absolute atomic E-state index is 13.0. The molecule has 4 rings (SSSR count). The van der Waals surface area contributed by atoms with E-state index in [4.69, 9.17) is 9.47 Å². The second kappa shape index (κ2) is 10.4. The molecule has 34 heavy (non-hydrogen) atoms. The molecule has 0 radical (unpaired) electrons. The summed E-state index contributed by atoms with van der Waals surface area (Å²) in [4.78, 5) is 40.1. The number of nitrogens with zero attached hydrogens (tertiary/aromatic N) is 1. The summed E-state index contributed by atoms with van der Waals surface area (Å²) in [5, 5.41) is 7.48. The van der Waals surface area contributed by atoms with Gasteiger partial charge in [0, 0.05) is 12.2 Å². The minimum atomic E-state index is -0.842. The molecule has 3 aromatic rings. The van der Waals surface area contributed by atoms with Gasteiger partial charge in [0.05, 0.1) is 18.5 Å². The molecular weight excluding hydrogens is 454 g/mol. The maximum atomic E-state index is 13.0. The van der Waals surface area contributed by atoms with Crippen molar-refractivity contribution in [1.29, 1.82) is 0 Å². The summed E-state index contributed by atoms with van der Waals surface area (Å²) >= 11 is 1.36. The van der Waals surface area contributed by atoms with Crippen LogP contribution >= 0.6 is 11.3 Å². The molecule has 3 amide bonds. The van der Waals surface area contributed by atoms with E-state index in [1.807, 2.05) is 42.6 Å². The van der Waals surface area contributed by atoms with Crippen LogP contribution < -0.4 is 15.4 Å². The zero-order valence-electron chi connectivity index (χ0n) is 18.8. The van der Waals surface area contributed by atoms with Gasteiger partial charge in [-0.15, -0.1) is 11.3 Å². The SMILES string of the molecule is CCNC(=O)C1C(c2ccc(NC(=O)c3cccs3)cc2)OC(=O)N1Cc1cccc(OC)c1. The Kier molecular flexibility index (Phi) is 7.12. The highest BCUT2D eigenvalue weighted by atomic mass is 32.1. The highest BCUT2D eigenvalue weighted by Gasteiger charge is 2.46. The molecule has 1 aliphatic heterocycles. The minimum Gasteiger partial charge on any atom is -0.497 e. The van der Waals surface area contributed by atoms with Crippen molar-refractivity contribution >= 4 is 34.9 Å². The third kappa shape index (κ3) is 5.04. The predicted octanol–water partition coefficient (Wildman–Crippen LogP) is 4.21. The third-order valence-electron chi connectivity index (χ3n) is 5.43. The Labute approximate surface area is 201 Å². The van der Waals surface area contributed by atoms with Gasteiger partial charge in [-0.3, -0.25) is 14.5 Å². The number of hydrogen-bond acceptors (Lipinski definition) is 6. The smallest absolute Gasteiger partial charge is 0.411 e. The van der Waals surface area contributed by atoms with Gasteiger partial charge in [0.1, 0.15) is 5.75 Å².